The van der Waals surface area contributed by atoms with Gasteiger partial charge in [0, 0.05) is 37.0 Å². The first-order valence-corrected chi connectivity index (χ1v) is 13.6. The van der Waals surface area contributed by atoms with Gasteiger partial charge in [-0.2, -0.15) is 0 Å². The Balaban J connectivity index is 1.63. The summed E-state index contributed by atoms with van der Waals surface area (Å²) in [6, 6.07) is 3.69. The smallest absolute Gasteiger partial charge is 0.226 e. The van der Waals surface area contributed by atoms with Crippen molar-refractivity contribution in [1.82, 2.24) is 19.5 Å². The molecule has 0 saturated heterocycles. The summed E-state index contributed by atoms with van der Waals surface area (Å²) in [7, 11) is -3.33. The van der Waals surface area contributed by atoms with Crippen molar-refractivity contribution in [3.63, 3.8) is 0 Å². The Labute approximate surface area is 194 Å². The van der Waals surface area contributed by atoms with E-state index in [0.29, 0.717) is 36.3 Å². The number of aliphatic hydroxyl groups is 1. The topological polar surface area (TPSA) is 101 Å². The zero-order valence-corrected chi connectivity index (χ0v) is 20.4. The lowest BCUT2D eigenvalue weighted by Gasteiger charge is -2.38. The summed E-state index contributed by atoms with van der Waals surface area (Å²) in [4.78, 5) is 17.1. The number of aliphatic hydroxyl groups excluding tert-OH is 1. The first kappa shape index (κ1) is 22.3. The van der Waals surface area contributed by atoms with E-state index in [4.69, 9.17) is 9.97 Å². The number of anilines is 1. The monoisotopic (exact) mass is 469 g/mol. The number of hydrogen-bond donors (Lipinski definition) is 1. The van der Waals surface area contributed by atoms with Gasteiger partial charge in [0.05, 0.1) is 34.3 Å². The van der Waals surface area contributed by atoms with Gasteiger partial charge in [-0.15, -0.1) is 0 Å². The number of nitrogens with zero attached hydrogens (tertiary/aromatic N) is 5. The number of aryl methyl sites for hydroxylation is 1. The molecule has 1 fully saturated rings. The summed E-state index contributed by atoms with van der Waals surface area (Å²) in [5.74, 6) is 2.26. The second-order valence-corrected chi connectivity index (χ2v) is 11.6. The SMILES string of the molecule is CCc1cc2nc3n(c2cc1S(C)(=O)=O)CCN(c1ncc(CO)c(C2CC2)n1)[C@@H]3C(C)C. The fourth-order valence-electron chi connectivity index (χ4n) is 5.05. The Morgan fingerprint density at radius 2 is 1.91 bits per heavy atom. The van der Waals surface area contributed by atoms with Crippen LogP contribution >= 0.6 is 0 Å². The lowest BCUT2D eigenvalue weighted by atomic mass is 10.00. The molecule has 0 unspecified atom stereocenters. The lowest BCUT2D eigenvalue weighted by Crippen LogP contribution is -2.42. The summed E-state index contributed by atoms with van der Waals surface area (Å²) >= 11 is 0. The number of benzene rings is 1. The number of fused-ring (bicyclic) bond motifs is 3. The van der Waals surface area contributed by atoms with Crippen LogP contribution in [0, 0.1) is 5.92 Å². The molecule has 0 spiro atoms. The lowest BCUT2D eigenvalue weighted by molar-refractivity contribution is 0.279. The van der Waals surface area contributed by atoms with Crippen LogP contribution in [0.25, 0.3) is 11.0 Å². The van der Waals surface area contributed by atoms with Crippen LogP contribution in [0.4, 0.5) is 5.95 Å². The minimum absolute atomic E-state index is 0.0371. The van der Waals surface area contributed by atoms with Crippen molar-refractivity contribution in [3.05, 3.63) is 41.0 Å². The van der Waals surface area contributed by atoms with Crippen molar-refractivity contribution >= 4 is 26.8 Å². The van der Waals surface area contributed by atoms with Crippen molar-refractivity contribution in [3.8, 4) is 0 Å². The van der Waals surface area contributed by atoms with Crippen LogP contribution in [0.5, 0.6) is 0 Å². The Bertz CT molecular complexity index is 1330. The molecule has 1 aromatic carbocycles. The average molecular weight is 470 g/mol. The fourth-order valence-corrected chi connectivity index (χ4v) is 6.05. The van der Waals surface area contributed by atoms with E-state index in [1.165, 1.54) is 6.26 Å². The Hall–Kier alpha value is -2.52. The van der Waals surface area contributed by atoms with Gasteiger partial charge in [0.1, 0.15) is 5.82 Å². The van der Waals surface area contributed by atoms with Gasteiger partial charge in [0.2, 0.25) is 5.95 Å². The average Bonchev–Trinajstić information content (AvgIpc) is 3.56. The van der Waals surface area contributed by atoms with Crippen molar-refractivity contribution < 1.29 is 13.5 Å². The number of sulfone groups is 1. The van der Waals surface area contributed by atoms with E-state index < -0.39 is 9.84 Å². The van der Waals surface area contributed by atoms with Gasteiger partial charge in [-0.1, -0.05) is 20.8 Å². The van der Waals surface area contributed by atoms with Crippen LogP contribution in [0.15, 0.2) is 23.2 Å². The van der Waals surface area contributed by atoms with Gasteiger partial charge < -0.3 is 14.6 Å². The predicted octanol–water partition coefficient (Wildman–Crippen LogP) is 3.38. The third-order valence-corrected chi connectivity index (χ3v) is 7.99. The maximum atomic E-state index is 12.4. The number of aromatic nitrogens is 4. The maximum absolute atomic E-state index is 12.4. The zero-order valence-electron chi connectivity index (χ0n) is 19.6. The molecule has 0 amide bonds. The molecule has 2 aromatic heterocycles. The molecule has 1 saturated carbocycles. The number of rotatable bonds is 6. The number of imidazole rings is 1. The highest BCUT2D eigenvalue weighted by molar-refractivity contribution is 7.90. The van der Waals surface area contributed by atoms with E-state index >= 15 is 0 Å². The van der Waals surface area contributed by atoms with Crippen LogP contribution in [-0.2, 0) is 29.4 Å². The third-order valence-electron chi connectivity index (χ3n) is 6.81. The normalized spacial score (nSPS) is 18.8. The van der Waals surface area contributed by atoms with E-state index in [-0.39, 0.29) is 18.6 Å². The van der Waals surface area contributed by atoms with Crippen molar-refractivity contribution in [2.75, 3.05) is 17.7 Å². The van der Waals surface area contributed by atoms with Crippen LogP contribution in [0.3, 0.4) is 0 Å². The number of hydrogen-bond acceptors (Lipinski definition) is 7. The second-order valence-electron chi connectivity index (χ2n) is 9.59. The second kappa shape index (κ2) is 8.06. The summed E-state index contributed by atoms with van der Waals surface area (Å²) in [6.45, 7) is 7.63. The molecule has 33 heavy (non-hydrogen) atoms. The van der Waals surface area contributed by atoms with Crippen molar-refractivity contribution in [2.24, 2.45) is 5.92 Å². The minimum Gasteiger partial charge on any atom is -0.392 e. The van der Waals surface area contributed by atoms with Gasteiger partial charge >= 0.3 is 0 Å². The third kappa shape index (κ3) is 3.81. The molecule has 5 rings (SSSR count). The molecule has 3 aromatic rings. The van der Waals surface area contributed by atoms with E-state index in [1.54, 1.807) is 12.3 Å². The zero-order chi connectivity index (χ0) is 23.5. The van der Waals surface area contributed by atoms with Gasteiger partial charge in [-0.3, -0.25) is 0 Å². The van der Waals surface area contributed by atoms with Gasteiger partial charge in [0.15, 0.2) is 9.84 Å². The fraction of sp³-hybridized carbons (Fsp3) is 0.542. The Kier molecular flexibility index (Phi) is 5.44. The van der Waals surface area contributed by atoms with Crippen LogP contribution in [0.1, 0.15) is 68.2 Å². The van der Waals surface area contributed by atoms with Gasteiger partial charge in [-0.25, -0.2) is 23.4 Å². The molecule has 0 bridgehead atoms. The highest BCUT2D eigenvalue weighted by Gasteiger charge is 2.36. The molecule has 9 heteroatoms. The predicted molar refractivity (Wildman–Crippen MR) is 127 cm³/mol. The standard InChI is InChI=1S/C24H31N5O3S/c1-5-15-10-18-19(11-20(15)33(4,31)32)28-8-9-29(22(14(2)3)23(28)26-18)24-25-12-17(13-30)21(27-24)16-6-7-16/h10-12,14,16,22,30H,5-9,13H2,1-4H3/t22-/m1/s1. The highest BCUT2D eigenvalue weighted by Crippen LogP contribution is 2.42. The maximum Gasteiger partial charge on any atom is 0.226 e. The minimum atomic E-state index is -3.33. The first-order chi connectivity index (χ1) is 15.7. The molecular formula is C24H31N5O3S. The van der Waals surface area contributed by atoms with Crippen LogP contribution in [0.2, 0.25) is 0 Å². The van der Waals surface area contributed by atoms with E-state index in [9.17, 15) is 13.5 Å². The Morgan fingerprint density at radius 3 is 2.52 bits per heavy atom. The molecule has 1 N–H and O–H groups in total. The van der Waals surface area contributed by atoms with E-state index in [0.717, 1.165) is 46.5 Å². The van der Waals surface area contributed by atoms with Crippen LogP contribution < -0.4 is 4.90 Å². The molecular weight excluding hydrogens is 438 g/mol. The largest absolute Gasteiger partial charge is 0.392 e. The summed E-state index contributed by atoms with van der Waals surface area (Å²) in [5.41, 5.74) is 4.27. The Morgan fingerprint density at radius 1 is 1.15 bits per heavy atom. The van der Waals surface area contributed by atoms with Crippen molar-refractivity contribution in [1.29, 1.82) is 0 Å². The quantitative estimate of drug-likeness (QED) is 0.590. The molecule has 176 valence electrons. The molecule has 8 nitrogen and oxygen atoms in total. The van der Waals surface area contributed by atoms with Crippen LogP contribution in [-0.4, -0.2) is 45.8 Å². The summed E-state index contributed by atoms with van der Waals surface area (Å²) < 4.78 is 27.0. The highest BCUT2D eigenvalue weighted by atomic mass is 32.2. The first-order valence-electron chi connectivity index (χ1n) is 11.7. The summed E-state index contributed by atoms with van der Waals surface area (Å²) in [5, 5.41) is 9.72. The molecule has 2 aliphatic rings. The van der Waals surface area contributed by atoms with Crippen molar-refractivity contribution in [2.45, 2.75) is 70.0 Å². The molecule has 1 aliphatic heterocycles. The van der Waals surface area contributed by atoms with E-state index in [2.05, 4.69) is 28.3 Å². The molecule has 0 radical (unpaired) electrons. The summed E-state index contributed by atoms with van der Waals surface area (Å²) in [6.07, 6.45) is 5.88. The van der Waals surface area contributed by atoms with Gasteiger partial charge in [-0.05, 0) is 42.9 Å². The molecule has 3 heterocycles. The van der Waals surface area contributed by atoms with Gasteiger partial charge in [0.25, 0.3) is 0 Å². The molecule has 1 atom stereocenters. The molecule has 1 aliphatic carbocycles. The van der Waals surface area contributed by atoms with E-state index in [1.807, 2.05) is 13.0 Å².